The smallest absolute Gasteiger partial charge is 0.248 e. The fourth-order valence-electron chi connectivity index (χ4n) is 4.29. The van der Waals surface area contributed by atoms with Crippen molar-refractivity contribution >= 4 is 34.5 Å². The number of amides is 2. The second-order valence-corrected chi connectivity index (χ2v) is 10.6. The van der Waals surface area contributed by atoms with Crippen LogP contribution in [0.15, 0.2) is 51.6 Å². The molecule has 1 fully saturated rings. The SMILES string of the molecule is Cc1ccc(-c2nnn(CC(=O)N(Cc3cccs3)C(C(=O)NC3CCCC3)c3cccs3)n2)o1. The molecule has 1 unspecified atom stereocenters. The summed E-state index contributed by atoms with van der Waals surface area (Å²) < 4.78 is 5.56. The summed E-state index contributed by atoms with van der Waals surface area (Å²) in [6, 6.07) is 10.7. The number of aromatic nitrogens is 4. The normalized spacial score (nSPS) is 14.8. The van der Waals surface area contributed by atoms with Crippen LogP contribution in [0.1, 0.15) is 47.2 Å². The van der Waals surface area contributed by atoms with E-state index >= 15 is 0 Å². The van der Waals surface area contributed by atoms with E-state index in [0.717, 1.165) is 41.2 Å². The first-order valence-electron chi connectivity index (χ1n) is 11.6. The van der Waals surface area contributed by atoms with Gasteiger partial charge in [0.15, 0.2) is 5.76 Å². The Balaban J connectivity index is 1.41. The van der Waals surface area contributed by atoms with Crippen LogP contribution in [0.25, 0.3) is 11.6 Å². The number of tetrazole rings is 1. The second-order valence-electron chi connectivity index (χ2n) is 8.56. The topological polar surface area (TPSA) is 106 Å². The van der Waals surface area contributed by atoms with Crippen LogP contribution in [0.5, 0.6) is 0 Å². The van der Waals surface area contributed by atoms with Crippen molar-refractivity contribution in [3.8, 4) is 11.6 Å². The minimum Gasteiger partial charge on any atom is -0.458 e. The number of thiophene rings is 2. The molecule has 11 heteroatoms. The van der Waals surface area contributed by atoms with Gasteiger partial charge >= 0.3 is 0 Å². The number of hydrogen-bond donors (Lipinski definition) is 1. The minimum absolute atomic E-state index is 0.142. The van der Waals surface area contributed by atoms with Crippen molar-refractivity contribution in [2.24, 2.45) is 0 Å². The number of rotatable bonds is 9. The molecule has 0 radical (unpaired) electrons. The molecule has 182 valence electrons. The molecule has 4 aromatic rings. The average molecular weight is 511 g/mol. The largest absolute Gasteiger partial charge is 0.458 e. The van der Waals surface area contributed by atoms with Crippen LogP contribution >= 0.6 is 22.7 Å². The zero-order valence-electron chi connectivity index (χ0n) is 19.3. The third kappa shape index (κ3) is 5.51. The van der Waals surface area contributed by atoms with Crippen molar-refractivity contribution < 1.29 is 14.0 Å². The highest BCUT2D eigenvalue weighted by Gasteiger charge is 2.34. The van der Waals surface area contributed by atoms with E-state index in [9.17, 15) is 9.59 Å². The predicted octanol–water partition coefficient (Wildman–Crippen LogP) is 4.19. The van der Waals surface area contributed by atoms with Gasteiger partial charge in [-0.15, -0.1) is 32.9 Å². The number of carbonyl (C=O) groups is 2. The van der Waals surface area contributed by atoms with Crippen molar-refractivity contribution in [1.29, 1.82) is 0 Å². The van der Waals surface area contributed by atoms with Crippen LogP contribution in [0.2, 0.25) is 0 Å². The van der Waals surface area contributed by atoms with E-state index in [1.807, 2.05) is 48.0 Å². The molecule has 0 aliphatic heterocycles. The predicted molar refractivity (Wildman–Crippen MR) is 133 cm³/mol. The van der Waals surface area contributed by atoms with Crippen LogP contribution in [0, 0.1) is 6.92 Å². The number of carbonyl (C=O) groups excluding carboxylic acids is 2. The molecule has 0 saturated heterocycles. The van der Waals surface area contributed by atoms with Gasteiger partial charge < -0.3 is 14.6 Å². The fourth-order valence-corrected chi connectivity index (χ4v) is 5.83. The van der Waals surface area contributed by atoms with Gasteiger partial charge in [0.2, 0.25) is 17.6 Å². The number of furan rings is 1. The van der Waals surface area contributed by atoms with Crippen molar-refractivity contribution in [3.05, 3.63) is 62.7 Å². The molecule has 5 rings (SSSR count). The first-order chi connectivity index (χ1) is 17.1. The monoisotopic (exact) mass is 510 g/mol. The van der Waals surface area contributed by atoms with E-state index in [4.69, 9.17) is 4.42 Å². The highest BCUT2D eigenvalue weighted by Crippen LogP contribution is 2.30. The Bertz CT molecular complexity index is 1260. The van der Waals surface area contributed by atoms with E-state index < -0.39 is 6.04 Å². The zero-order chi connectivity index (χ0) is 24.2. The van der Waals surface area contributed by atoms with E-state index in [0.29, 0.717) is 18.1 Å². The van der Waals surface area contributed by atoms with Gasteiger partial charge in [-0.2, -0.15) is 4.80 Å². The number of nitrogens with one attached hydrogen (secondary N) is 1. The van der Waals surface area contributed by atoms with Crippen LogP contribution < -0.4 is 5.32 Å². The van der Waals surface area contributed by atoms with E-state index in [1.54, 1.807) is 22.3 Å². The minimum atomic E-state index is -0.735. The van der Waals surface area contributed by atoms with Crippen molar-refractivity contribution in [3.63, 3.8) is 0 Å². The lowest BCUT2D eigenvalue weighted by Gasteiger charge is -2.31. The molecule has 2 amide bonds. The molecule has 4 heterocycles. The van der Waals surface area contributed by atoms with Crippen LogP contribution in [0.4, 0.5) is 0 Å². The summed E-state index contributed by atoms with van der Waals surface area (Å²) in [6.45, 7) is 2.01. The molecule has 1 aliphatic rings. The number of hydrogen-bond acceptors (Lipinski definition) is 8. The summed E-state index contributed by atoms with van der Waals surface area (Å²) in [4.78, 5) is 31.9. The molecule has 0 spiro atoms. The maximum absolute atomic E-state index is 13.7. The van der Waals surface area contributed by atoms with Gasteiger partial charge in [0.05, 0.1) is 6.54 Å². The van der Waals surface area contributed by atoms with Crippen LogP contribution in [0.3, 0.4) is 0 Å². The Morgan fingerprint density at radius 3 is 2.66 bits per heavy atom. The molecular formula is C24H26N6O3S2. The zero-order valence-corrected chi connectivity index (χ0v) is 20.9. The van der Waals surface area contributed by atoms with E-state index in [1.165, 1.54) is 16.1 Å². The average Bonchev–Trinajstić information content (AvgIpc) is 3.65. The number of nitrogens with zero attached hydrogens (tertiary/aromatic N) is 5. The van der Waals surface area contributed by atoms with Crippen LogP contribution in [-0.4, -0.2) is 43.0 Å². The molecule has 1 N–H and O–H groups in total. The van der Waals surface area contributed by atoms with Gasteiger partial charge in [0.25, 0.3) is 0 Å². The third-order valence-electron chi connectivity index (χ3n) is 5.99. The standard InChI is InChI=1S/C24H26N6O3S2/c1-16-10-11-19(33-16)23-26-28-30(27-23)15-21(31)29(14-18-8-4-12-34-18)22(20-9-5-13-35-20)24(32)25-17-6-2-3-7-17/h4-5,8-13,17,22H,2-3,6-7,14-15H2,1H3,(H,25,32). The molecular weight excluding hydrogens is 484 g/mol. The maximum atomic E-state index is 13.7. The molecule has 9 nitrogen and oxygen atoms in total. The van der Waals surface area contributed by atoms with E-state index in [2.05, 4.69) is 20.7 Å². The summed E-state index contributed by atoms with van der Waals surface area (Å²) in [7, 11) is 0. The Hall–Kier alpha value is -3.31. The lowest BCUT2D eigenvalue weighted by atomic mass is 10.1. The first-order valence-corrected chi connectivity index (χ1v) is 13.3. The summed E-state index contributed by atoms with van der Waals surface area (Å²) >= 11 is 3.02. The molecule has 35 heavy (non-hydrogen) atoms. The van der Waals surface area contributed by atoms with Gasteiger partial charge in [-0.05, 0) is 60.0 Å². The Morgan fingerprint density at radius 2 is 1.97 bits per heavy atom. The Morgan fingerprint density at radius 1 is 1.17 bits per heavy atom. The van der Waals surface area contributed by atoms with E-state index in [-0.39, 0.29) is 24.4 Å². The summed E-state index contributed by atoms with van der Waals surface area (Å²) in [5, 5.41) is 19.5. The second kappa shape index (κ2) is 10.5. The van der Waals surface area contributed by atoms with Crippen LogP contribution in [-0.2, 0) is 22.7 Å². The first kappa shape index (κ1) is 23.4. The van der Waals surface area contributed by atoms with Crippen molar-refractivity contribution in [1.82, 2.24) is 30.4 Å². The molecule has 0 aromatic carbocycles. The summed E-state index contributed by atoms with van der Waals surface area (Å²) in [6.07, 6.45) is 4.17. The van der Waals surface area contributed by atoms with Gasteiger partial charge in [-0.25, -0.2) is 0 Å². The number of aryl methyl sites for hydroxylation is 1. The van der Waals surface area contributed by atoms with Crippen molar-refractivity contribution in [2.75, 3.05) is 0 Å². The van der Waals surface area contributed by atoms with Gasteiger partial charge in [-0.1, -0.05) is 25.0 Å². The Labute approximate surface area is 210 Å². The van der Waals surface area contributed by atoms with Gasteiger partial charge in [-0.3, -0.25) is 9.59 Å². The molecule has 0 bridgehead atoms. The highest BCUT2D eigenvalue weighted by atomic mass is 32.1. The Kier molecular flexibility index (Phi) is 7.05. The van der Waals surface area contributed by atoms with Gasteiger partial charge in [0.1, 0.15) is 18.3 Å². The fraction of sp³-hybridized carbons (Fsp3) is 0.375. The van der Waals surface area contributed by atoms with Gasteiger partial charge in [0, 0.05) is 15.8 Å². The maximum Gasteiger partial charge on any atom is 0.248 e. The molecule has 4 aromatic heterocycles. The lowest BCUT2D eigenvalue weighted by Crippen LogP contribution is -2.46. The molecule has 1 atom stereocenters. The molecule has 1 aliphatic carbocycles. The van der Waals surface area contributed by atoms with Crippen molar-refractivity contribution in [2.45, 2.75) is 57.8 Å². The summed E-state index contributed by atoms with van der Waals surface area (Å²) in [5.41, 5.74) is 0. The lowest BCUT2D eigenvalue weighted by molar-refractivity contribution is -0.142. The third-order valence-corrected chi connectivity index (χ3v) is 7.78. The highest BCUT2D eigenvalue weighted by molar-refractivity contribution is 7.10. The summed E-state index contributed by atoms with van der Waals surface area (Å²) in [5.74, 6) is 1.12. The molecule has 1 saturated carbocycles. The quantitative estimate of drug-likeness (QED) is 0.362.